The van der Waals surface area contributed by atoms with E-state index in [-0.39, 0.29) is 45.4 Å². The Morgan fingerprint density at radius 1 is 0.827 bits per heavy atom. The molecule has 20 heteroatoms. The van der Waals surface area contributed by atoms with Crippen LogP contribution < -0.4 is 18.9 Å². The molecule has 0 amide bonds. The molecule has 5 heterocycles. The Bertz CT molecular complexity index is 1850. The van der Waals surface area contributed by atoms with Crippen LogP contribution in [-0.4, -0.2) is 115 Å². The van der Waals surface area contributed by atoms with E-state index in [2.05, 4.69) is 0 Å². The number of phenols is 1. The molecule has 3 fully saturated rings. The summed E-state index contributed by atoms with van der Waals surface area (Å²) in [5.74, 6) is -13.1. The number of cyclic esters (lactones) is 1. The largest absolute Gasteiger partial charge is 0.505 e. The fourth-order valence-corrected chi connectivity index (χ4v) is 8.17. The van der Waals surface area contributed by atoms with Crippen LogP contribution in [0, 0.1) is 11.8 Å². The highest BCUT2D eigenvalue weighted by Crippen LogP contribution is 2.60. The second-order valence-corrected chi connectivity index (χ2v) is 13.7. The number of fused-ring (bicyclic) bond motifs is 4. The van der Waals surface area contributed by atoms with Crippen molar-refractivity contribution in [2.45, 2.75) is 67.1 Å². The zero-order chi connectivity index (χ0) is 37.1. The first-order chi connectivity index (χ1) is 24.5. The van der Waals surface area contributed by atoms with Crippen LogP contribution in [0.3, 0.4) is 0 Å². The van der Waals surface area contributed by atoms with E-state index < -0.39 is 84.9 Å². The fraction of sp³-hybridized carbons (Fsp3) is 0.469. The van der Waals surface area contributed by atoms with E-state index in [1.807, 2.05) is 0 Å². The van der Waals surface area contributed by atoms with Gasteiger partial charge in [-0.25, -0.2) is 0 Å². The minimum atomic E-state index is -3.26. The van der Waals surface area contributed by atoms with Crippen molar-refractivity contribution in [2.24, 2.45) is 11.8 Å². The number of thiophene rings is 1. The first-order valence-electron chi connectivity index (χ1n) is 15.6. The number of ether oxygens (including phenoxy) is 9. The van der Waals surface area contributed by atoms with Crippen molar-refractivity contribution in [3.63, 3.8) is 0 Å². The average Bonchev–Trinajstić information content (AvgIpc) is 3.78. The van der Waals surface area contributed by atoms with Crippen molar-refractivity contribution < 1.29 is 93.4 Å². The van der Waals surface area contributed by atoms with Gasteiger partial charge < -0.3 is 73.6 Å². The molecule has 0 saturated carbocycles. The predicted octanol–water partition coefficient (Wildman–Crippen LogP) is -1.33. The normalized spacial score (nSPS) is 34.8. The lowest BCUT2D eigenvalue weighted by Gasteiger charge is -2.51. The Kier molecular flexibility index (Phi) is 8.17. The van der Waals surface area contributed by atoms with Gasteiger partial charge in [0.1, 0.15) is 18.3 Å². The van der Waals surface area contributed by atoms with Gasteiger partial charge in [-0.1, -0.05) is 6.07 Å². The van der Waals surface area contributed by atoms with E-state index in [1.54, 1.807) is 17.5 Å². The summed E-state index contributed by atoms with van der Waals surface area (Å²) in [4.78, 5) is 14.0. The maximum Gasteiger partial charge on any atom is 0.505 e. The molecule has 10 atom stereocenters. The van der Waals surface area contributed by atoms with E-state index in [0.717, 1.165) is 11.3 Å². The summed E-state index contributed by atoms with van der Waals surface area (Å²) in [6.07, 6.45) is -15.6. The predicted molar refractivity (Wildman–Crippen MR) is 163 cm³/mol. The summed E-state index contributed by atoms with van der Waals surface area (Å²) in [7, 11) is 2.53. The highest BCUT2D eigenvalue weighted by Gasteiger charge is 2.66. The summed E-state index contributed by atoms with van der Waals surface area (Å²) in [6.45, 7) is 0. The maximum absolute atomic E-state index is 13.6. The van der Waals surface area contributed by atoms with Crippen LogP contribution >= 0.6 is 11.3 Å². The maximum atomic E-state index is 13.6. The lowest BCUT2D eigenvalue weighted by atomic mass is 9.65. The average molecular weight is 753 g/mol. The van der Waals surface area contributed by atoms with Crippen LogP contribution in [0.1, 0.15) is 39.9 Å². The number of rotatable bonds is 6. The van der Waals surface area contributed by atoms with Gasteiger partial charge >= 0.3 is 24.1 Å². The number of aliphatic hydroxyl groups is 8. The molecule has 19 nitrogen and oxygen atoms in total. The topological polar surface area (TPSA) is 282 Å². The Morgan fingerprint density at radius 3 is 2.10 bits per heavy atom. The lowest BCUT2D eigenvalue weighted by molar-refractivity contribution is -0.503. The molecule has 3 saturated heterocycles. The molecule has 280 valence electrons. The smallest absolute Gasteiger partial charge is 0.502 e. The number of aromatic hydroxyl groups is 1. The molecule has 0 radical (unpaired) electrons. The van der Waals surface area contributed by atoms with Crippen LogP contribution in [0.5, 0.6) is 28.7 Å². The summed E-state index contributed by atoms with van der Waals surface area (Å²) < 4.78 is 48.9. The van der Waals surface area contributed by atoms with Gasteiger partial charge in [0.2, 0.25) is 5.75 Å². The standard InChI is InChI=1S/C32H32O19S/c1-43-15-6-10(7-16(44-2)21(15)33)18-11-8-13-14(49-32(41,42)48-13)9-12(11)24(20-19(18)27(36)50-30(20,37)38)45-29-23(35)22(34)25-26(47-29)31(39,40)51-28(46-25)17-4-3-5-52-17/h3-9,18-20,22-26,28-29,33-35,37-42H,1-2H3. The number of carbonyl (C=O) groups is 1. The van der Waals surface area contributed by atoms with Gasteiger partial charge in [-0.2, -0.15) is 0 Å². The second kappa shape index (κ2) is 12.1. The summed E-state index contributed by atoms with van der Waals surface area (Å²) in [5, 5.41) is 99.4. The molecule has 9 N–H and O–H groups in total. The molecule has 3 aromatic rings. The Morgan fingerprint density at radius 2 is 1.48 bits per heavy atom. The third kappa shape index (κ3) is 5.46. The number of methoxy groups -OCH3 is 2. The van der Waals surface area contributed by atoms with Crippen molar-refractivity contribution in [3.8, 4) is 28.7 Å². The fourth-order valence-electron chi connectivity index (χ4n) is 7.49. The summed E-state index contributed by atoms with van der Waals surface area (Å²) in [6, 6.07) is 8.42. The molecular formula is C32H32O19S. The number of phenolic OH excluding ortho intramolecular Hbond substituents is 1. The Hall–Kier alpha value is -3.87. The van der Waals surface area contributed by atoms with Crippen molar-refractivity contribution in [3.05, 3.63) is 63.3 Å². The third-order valence-corrected chi connectivity index (χ3v) is 10.6. The molecule has 8 rings (SSSR count). The van der Waals surface area contributed by atoms with Crippen LogP contribution in [0.15, 0.2) is 41.8 Å². The quantitative estimate of drug-likeness (QED) is 0.104. The van der Waals surface area contributed by atoms with Gasteiger partial charge in [-0.15, -0.1) is 11.3 Å². The molecule has 0 bridgehead atoms. The molecule has 4 aliphatic heterocycles. The van der Waals surface area contributed by atoms with Gasteiger partial charge in [-0.05, 0) is 52.4 Å². The molecule has 5 aliphatic rings. The number of esters is 1. The first kappa shape index (κ1) is 35.2. The molecule has 52 heavy (non-hydrogen) atoms. The SMILES string of the molecule is COc1cc(C2c3cc4c(cc3C(OC3OC5C(OC(c6cccs6)OC5(O)O)C(O)C3O)C3C2C(=O)OC3(O)O)OC(O)(O)O4)cc(OC)c1O. The van der Waals surface area contributed by atoms with Crippen molar-refractivity contribution in [1.82, 2.24) is 0 Å². The lowest BCUT2D eigenvalue weighted by Crippen LogP contribution is -2.69. The second-order valence-electron chi connectivity index (χ2n) is 12.8. The van der Waals surface area contributed by atoms with Gasteiger partial charge in [0, 0.05) is 5.92 Å². The van der Waals surface area contributed by atoms with Crippen LogP contribution in [0.25, 0.3) is 0 Å². The Balaban J connectivity index is 1.23. The van der Waals surface area contributed by atoms with E-state index in [1.165, 1.54) is 38.5 Å². The third-order valence-electron chi connectivity index (χ3n) is 9.70. The van der Waals surface area contributed by atoms with Gasteiger partial charge in [0.15, 0.2) is 41.7 Å². The minimum absolute atomic E-state index is 0.0244. The molecule has 10 unspecified atom stereocenters. The molecule has 2 aromatic carbocycles. The van der Waals surface area contributed by atoms with E-state index in [9.17, 15) is 50.8 Å². The molecular weight excluding hydrogens is 720 g/mol. The highest BCUT2D eigenvalue weighted by atomic mass is 32.1. The van der Waals surface area contributed by atoms with Crippen molar-refractivity contribution in [1.29, 1.82) is 0 Å². The number of benzene rings is 2. The number of hydrogen-bond acceptors (Lipinski definition) is 20. The molecule has 1 aromatic heterocycles. The van der Waals surface area contributed by atoms with Crippen LogP contribution in [0.2, 0.25) is 0 Å². The number of aliphatic hydroxyl groups excluding tert-OH is 2. The molecule has 1 aliphatic carbocycles. The van der Waals surface area contributed by atoms with Gasteiger partial charge in [0.25, 0.3) is 0 Å². The summed E-state index contributed by atoms with van der Waals surface area (Å²) >= 11 is 1.16. The summed E-state index contributed by atoms with van der Waals surface area (Å²) in [5.41, 5.74) is 0.313. The monoisotopic (exact) mass is 752 g/mol. The van der Waals surface area contributed by atoms with Crippen LogP contribution in [-0.2, 0) is 28.5 Å². The number of hydrogen-bond donors (Lipinski definition) is 9. The molecule has 0 spiro atoms. The zero-order valence-corrected chi connectivity index (χ0v) is 27.6. The van der Waals surface area contributed by atoms with Gasteiger partial charge in [0.05, 0.1) is 37.0 Å². The van der Waals surface area contributed by atoms with Crippen molar-refractivity contribution in [2.75, 3.05) is 14.2 Å². The van der Waals surface area contributed by atoms with Crippen molar-refractivity contribution >= 4 is 17.3 Å². The van der Waals surface area contributed by atoms with Crippen LogP contribution in [0.4, 0.5) is 0 Å². The first-order valence-corrected chi connectivity index (χ1v) is 16.5. The zero-order valence-electron chi connectivity index (χ0n) is 26.8. The van der Waals surface area contributed by atoms with Gasteiger partial charge in [-0.3, -0.25) is 19.7 Å². The van der Waals surface area contributed by atoms with E-state index >= 15 is 0 Å². The number of carbonyl (C=O) groups excluding carboxylic acids is 1. The van der Waals surface area contributed by atoms with E-state index in [0.29, 0.717) is 4.88 Å². The highest BCUT2D eigenvalue weighted by molar-refractivity contribution is 7.10. The Labute approximate surface area is 295 Å². The van der Waals surface area contributed by atoms with E-state index in [4.69, 9.17) is 42.6 Å². The minimum Gasteiger partial charge on any atom is -0.502 e.